The van der Waals surface area contributed by atoms with E-state index in [1.165, 1.54) is 12.8 Å². The summed E-state index contributed by atoms with van der Waals surface area (Å²) in [6, 6.07) is 0. The molecule has 2 aliphatic carbocycles. The molecule has 0 atom stereocenters. The quantitative estimate of drug-likeness (QED) is 0.340. The van der Waals surface area contributed by atoms with Crippen LogP contribution in [0.1, 0.15) is 78.1 Å². The fourth-order valence-corrected chi connectivity index (χ4v) is 3.46. The van der Waals surface area contributed by atoms with Gasteiger partial charge in [0.1, 0.15) is 16.8 Å². The van der Waals surface area contributed by atoms with Gasteiger partial charge in [-0.15, -0.1) is 0 Å². The minimum absolute atomic E-state index is 0.182. The van der Waals surface area contributed by atoms with E-state index in [2.05, 4.69) is 6.58 Å². The molecule has 0 N–H and O–H groups in total. The molecule has 2 aliphatic rings. The standard InChI is InChI=1S/C18H28O4/c1-14(15(19)21-17(2)10-6-4-7-11-17)16(20)22-18(3)12-8-5-9-13-18/h1,4-13H2,2-3H3. The van der Waals surface area contributed by atoms with E-state index >= 15 is 0 Å². The van der Waals surface area contributed by atoms with Crippen molar-refractivity contribution in [2.45, 2.75) is 89.3 Å². The first-order valence-electron chi connectivity index (χ1n) is 8.49. The van der Waals surface area contributed by atoms with Gasteiger partial charge in [-0.1, -0.05) is 19.4 Å². The topological polar surface area (TPSA) is 52.6 Å². The molecule has 2 rings (SSSR count). The molecule has 0 aliphatic heterocycles. The van der Waals surface area contributed by atoms with Gasteiger partial charge in [0, 0.05) is 0 Å². The summed E-state index contributed by atoms with van der Waals surface area (Å²) in [4.78, 5) is 24.4. The Morgan fingerprint density at radius 1 is 0.727 bits per heavy atom. The Morgan fingerprint density at radius 2 is 1.05 bits per heavy atom. The Labute approximate surface area is 133 Å². The monoisotopic (exact) mass is 308 g/mol. The summed E-state index contributed by atoms with van der Waals surface area (Å²) in [5, 5.41) is 0. The van der Waals surface area contributed by atoms with Crippen molar-refractivity contribution >= 4 is 11.9 Å². The Balaban J connectivity index is 1.89. The van der Waals surface area contributed by atoms with Gasteiger partial charge in [0.15, 0.2) is 0 Å². The Kier molecular flexibility index (Phi) is 5.30. The molecule has 0 aromatic rings. The number of carbonyl (C=O) groups excluding carboxylic acids is 2. The molecule has 0 saturated heterocycles. The summed E-state index contributed by atoms with van der Waals surface area (Å²) in [6.07, 6.45) is 9.95. The van der Waals surface area contributed by atoms with Crippen LogP contribution in [0.4, 0.5) is 0 Å². The zero-order valence-corrected chi connectivity index (χ0v) is 13.9. The first kappa shape index (κ1) is 17.0. The van der Waals surface area contributed by atoms with Crippen molar-refractivity contribution in [2.24, 2.45) is 0 Å². The highest BCUT2D eigenvalue weighted by atomic mass is 16.6. The van der Waals surface area contributed by atoms with Crippen LogP contribution in [0.5, 0.6) is 0 Å². The lowest BCUT2D eigenvalue weighted by Gasteiger charge is -2.34. The third kappa shape index (κ3) is 4.34. The number of rotatable bonds is 4. The molecule has 0 bridgehead atoms. The lowest BCUT2D eigenvalue weighted by Crippen LogP contribution is -2.38. The molecular weight excluding hydrogens is 280 g/mol. The molecule has 4 heteroatoms. The molecule has 0 unspecified atom stereocenters. The maximum Gasteiger partial charge on any atom is 0.345 e. The number of esters is 2. The smallest absolute Gasteiger partial charge is 0.345 e. The first-order valence-corrected chi connectivity index (χ1v) is 8.49. The number of hydrogen-bond donors (Lipinski definition) is 0. The van der Waals surface area contributed by atoms with Crippen molar-refractivity contribution in [2.75, 3.05) is 0 Å². The van der Waals surface area contributed by atoms with Crippen LogP contribution in [0.15, 0.2) is 12.2 Å². The molecule has 0 aromatic carbocycles. The molecule has 0 aromatic heterocycles. The van der Waals surface area contributed by atoms with Gasteiger partial charge in [-0.05, 0) is 65.2 Å². The fraction of sp³-hybridized carbons (Fsp3) is 0.778. The molecule has 0 radical (unpaired) electrons. The average molecular weight is 308 g/mol. The normalized spacial score (nSPS) is 23.4. The largest absolute Gasteiger partial charge is 0.456 e. The van der Waals surface area contributed by atoms with Crippen LogP contribution in [-0.2, 0) is 19.1 Å². The lowest BCUT2D eigenvalue weighted by molar-refractivity contribution is -0.164. The van der Waals surface area contributed by atoms with Gasteiger partial charge < -0.3 is 9.47 Å². The Bertz CT molecular complexity index is 400. The summed E-state index contributed by atoms with van der Waals surface area (Å²) >= 11 is 0. The highest BCUT2D eigenvalue weighted by Gasteiger charge is 2.36. The van der Waals surface area contributed by atoms with Crippen LogP contribution in [0.2, 0.25) is 0 Å². The number of ether oxygens (including phenoxy) is 2. The van der Waals surface area contributed by atoms with E-state index in [9.17, 15) is 9.59 Å². The number of hydrogen-bond acceptors (Lipinski definition) is 4. The third-order valence-corrected chi connectivity index (χ3v) is 4.99. The highest BCUT2D eigenvalue weighted by molar-refractivity contribution is 6.13. The van der Waals surface area contributed by atoms with Crippen molar-refractivity contribution in [3.05, 3.63) is 12.2 Å². The van der Waals surface area contributed by atoms with E-state index < -0.39 is 23.1 Å². The molecule has 2 fully saturated rings. The average Bonchev–Trinajstić information content (AvgIpc) is 2.47. The SMILES string of the molecule is C=C(C(=O)OC1(C)CCCCC1)C(=O)OC1(C)CCCCC1. The van der Waals surface area contributed by atoms with Crippen molar-refractivity contribution in [3.8, 4) is 0 Å². The van der Waals surface area contributed by atoms with Crippen LogP contribution in [-0.4, -0.2) is 23.1 Å². The van der Waals surface area contributed by atoms with Crippen LogP contribution in [0.3, 0.4) is 0 Å². The van der Waals surface area contributed by atoms with Gasteiger partial charge in [0.2, 0.25) is 0 Å². The first-order chi connectivity index (χ1) is 10.3. The molecule has 0 amide bonds. The minimum atomic E-state index is -0.631. The van der Waals surface area contributed by atoms with Gasteiger partial charge >= 0.3 is 11.9 Å². The van der Waals surface area contributed by atoms with Crippen LogP contribution < -0.4 is 0 Å². The summed E-state index contributed by atoms with van der Waals surface area (Å²) < 4.78 is 11.1. The summed E-state index contributed by atoms with van der Waals surface area (Å²) in [5.41, 5.74) is -1.11. The fourth-order valence-electron chi connectivity index (χ4n) is 3.46. The van der Waals surface area contributed by atoms with Crippen molar-refractivity contribution in [1.82, 2.24) is 0 Å². The van der Waals surface area contributed by atoms with E-state index in [0.29, 0.717) is 0 Å². The second kappa shape index (κ2) is 6.84. The second-order valence-electron chi connectivity index (χ2n) is 7.28. The summed E-state index contributed by atoms with van der Waals surface area (Å²) in [7, 11) is 0. The minimum Gasteiger partial charge on any atom is -0.456 e. The van der Waals surface area contributed by atoms with E-state index in [4.69, 9.17) is 9.47 Å². The van der Waals surface area contributed by atoms with E-state index in [-0.39, 0.29) is 5.57 Å². The van der Waals surface area contributed by atoms with E-state index in [1.807, 2.05) is 13.8 Å². The zero-order valence-electron chi connectivity index (χ0n) is 13.9. The van der Waals surface area contributed by atoms with Gasteiger partial charge in [-0.25, -0.2) is 9.59 Å². The zero-order chi connectivity index (χ0) is 16.2. The van der Waals surface area contributed by atoms with Crippen LogP contribution in [0, 0.1) is 0 Å². The number of carbonyl (C=O) groups is 2. The van der Waals surface area contributed by atoms with Gasteiger partial charge in [-0.3, -0.25) is 0 Å². The molecule has 0 spiro atoms. The second-order valence-corrected chi connectivity index (χ2v) is 7.28. The Morgan fingerprint density at radius 3 is 1.36 bits per heavy atom. The maximum atomic E-state index is 12.2. The van der Waals surface area contributed by atoms with Crippen molar-refractivity contribution < 1.29 is 19.1 Å². The van der Waals surface area contributed by atoms with E-state index in [0.717, 1.165) is 51.4 Å². The molecular formula is C18H28O4. The molecule has 4 nitrogen and oxygen atoms in total. The predicted molar refractivity (Wildman–Crippen MR) is 84.3 cm³/mol. The predicted octanol–water partition coefficient (Wildman–Crippen LogP) is 4.07. The van der Waals surface area contributed by atoms with Crippen molar-refractivity contribution in [1.29, 1.82) is 0 Å². The maximum absolute atomic E-state index is 12.2. The molecule has 0 heterocycles. The molecule has 2 saturated carbocycles. The van der Waals surface area contributed by atoms with Gasteiger partial charge in [-0.2, -0.15) is 0 Å². The Hall–Kier alpha value is -1.32. The summed E-state index contributed by atoms with van der Waals surface area (Å²) in [6.45, 7) is 7.47. The van der Waals surface area contributed by atoms with Gasteiger partial charge in [0.25, 0.3) is 0 Å². The third-order valence-electron chi connectivity index (χ3n) is 4.99. The molecule has 22 heavy (non-hydrogen) atoms. The highest BCUT2D eigenvalue weighted by Crippen LogP contribution is 2.33. The molecule has 124 valence electrons. The van der Waals surface area contributed by atoms with Crippen molar-refractivity contribution in [3.63, 3.8) is 0 Å². The van der Waals surface area contributed by atoms with Crippen LogP contribution >= 0.6 is 0 Å². The summed E-state index contributed by atoms with van der Waals surface area (Å²) in [5.74, 6) is -1.26. The van der Waals surface area contributed by atoms with E-state index in [1.54, 1.807) is 0 Å². The lowest BCUT2D eigenvalue weighted by atomic mass is 9.86. The van der Waals surface area contributed by atoms with Crippen LogP contribution in [0.25, 0.3) is 0 Å². The van der Waals surface area contributed by atoms with Gasteiger partial charge in [0.05, 0.1) is 0 Å².